The van der Waals surface area contributed by atoms with Gasteiger partial charge < -0.3 is 13.9 Å². The molecule has 0 radical (unpaired) electrons. The maximum Gasteiger partial charge on any atom is 0.376 e. The van der Waals surface area contributed by atoms with Gasteiger partial charge in [-0.2, -0.15) is 0 Å². The van der Waals surface area contributed by atoms with Gasteiger partial charge in [-0.1, -0.05) is 11.6 Å². The summed E-state index contributed by atoms with van der Waals surface area (Å²) in [7, 11) is 2.37. The second-order valence-electron chi connectivity index (χ2n) is 4.14. The molecule has 110 valence electrons. The highest BCUT2D eigenvalue weighted by molar-refractivity contribution is 6.30. The molecule has 0 N–H and O–H groups in total. The van der Waals surface area contributed by atoms with Crippen LogP contribution in [0.4, 0.5) is 0 Å². The molecule has 0 saturated heterocycles. The Morgan fingerprint density at radius 3 is 2.43 bits per heavy atom. The van der Waals surface area contributed by atoms with Crippen LogP contribution in [0.25, 0.3) is 11.5 Å². The molecule has 0 aliphatic carbocycles. The van der Waals surface area contributed by atoms with Crippen molar-refractivity contribution >= 4 is 23.5 Å². The largest absolute Gasteiger partial charge is 0.464 e. The van der Waals surface area contributed by atoms with Crippen LogP contribution in [-0.4, -0.2) is 31.1 Å². The molecule has 1 aromatic carbocycles. The first-order valence-electron chi connectivity index (χ1n) is 5.92. The van der Waals surface area contributed by atoms with Crippen molar-refractivity contribution in [1.29, 1.82) is 0 Å². The molecule has 0 atom stereocenters. The molecule has 21 heavy (non-hydrogen) atoms. The first-order chi connectivity index (χ1) is 9.97. The normalized spacial score (nSPS) is 10.3. The minimum absolute atomic E-state index is 0.116. The van der Waals surface area contributed by atoms with Crippen molar-refractivity contribution in [3.05, 3.63) is 40.2 Å². The first-order valence-corrected chi connectivity index (χ1v) is 6.29. The number of esters is 2. The number of rotatable bonds is 3. The van der Waals surface area contributed by atoms with Crippen molar-refractivity contribution in [3.8, 4) is 11.5 Å². The number of halogens is 1. The van der Waals surface area contributed by atoms with Crippen molar-refractivity contribution in [2.75, 3.05) is 14.2 Å². The highest BCUT2D eigenvalue weighted by Gasteiger charge is 2.27. The Morgan fingerprint density at radius 2 is 1.86 bits per heavy atom. The van der Waals surface area contributed by atoms with E-state index in [0.29, 0.717) is 10.6 Å². The van der Waals surface area contributed by atoms with E-state index in [9.17, 15) is 9.59 Å². The molecule has 0 aliphatic heterocycles. The molecule has 0 unspecified atom stereocenters. The second kappa shape index (κ2) is 5.97. The zero-order valence-corrected chi connectivity index (χ0v) is 12.4. The van der Waals surface area contributed by atoms with Gasteiger partial charge in [-0.05, 0) is 30.7 Å². The van der Waals surface area contributed by atoms with E-state index in [1.807, 2.05) is 0 Å². The van der Waals surface area contributed by atoms with Crippen LogP contribution in [0.15, 0.2) is 22.6 Å². The summed E-state index contributed by atoms with van der Waals surface area (Å²) in [6, 6.07) is 5.06. The van der Waals surface area contributed by atoms with Gasteiger partial charge in [0, 0.05) is 10.6 Å². The highest BCUT2D eigenvalue weighted by atomic mass is 35.5. The number of ether oxygens (including phenoxy) is 2. The van der Waals surface area contributed by atoms with Crippen LogP contribution >= 0.6 is 11.6 Å². The van der Waals surface area contributed by atoms with E-state index < -0.39 is 11.9 Å². The zero-order chi connectivity index (χ0) is 15.6. The van der Waals surface area contributed by atoms with Crippen LogP contribution in [0.2, 0.25) is 5.02 Å². The predicted molar refractivity (Wildman–Crippen MR) is 74.4 cm³/mol. The summed E-state index contributed by atoms with van der Waals surface area (Å²) >= 11 is 5.89. The van der Waals surface area contributed by atoms with Crippen molar-refractivity contribution in [2.45, 2.75) is 6.92 Å². The molecule has 0 fully saturated rings. The van der Waals surface area contributed by atoms with Gasteiger partial charge in [0.1, 0.15) is 0 Å². The van der Waals surface area contributed by atoms with Crippen LogP contribution in [0.5, 0.6) is 0 Å². The molecule has 1 aromatic heterocycles. The van der Waals surface area contributed by atoms with Crippen LogP contribution in [0.1, 0.15) is 26.6 Å². The Bertz CT molecular complexity index is 674. The van der Waals surface area contributed by atoms with Crippen LogP contribution in [-0.2, 0) is 9.47 Å². The number of oxazole rings is 1. The average Bonchev–Trinajstić information content (AvgIpc) is 2.90. The van der Waals surface area contributed by atoms with Crippen molar-refractivity contribution in [2.24, 2.45) is 0 Å². The van der Waals surface area contributed by atoms with Gasteiger partial charge in [-0.15, -0.1) is 0 Å². The Morgan fingerprint density at radius 1 is 1.19 bits per heavy atom. The van der Waals surface area contributed by atoms with Crippen LogP contribution in [0, 0.1) is 6.92 Å². The summed E-state index contributed by atoms with van der Waals surface area (Å²) in [6.45, 7) is 1.81. The molecule has 2 rings (SSSR count). The monoisotopic (exact) mass is 309 g/mol. The van der Waals surface area contributed by atoms with Gasteiger partial charge >= 0.3 is 11.9 Å². The molecule has 6 nitrogen and oxygen atoms in total. The quantitative estimate of drug-likeness (QED) is 0.811. The molecule has 2 aromatic rings. The molecule has 0 amide bonds. The summed E-state index contributed by atoms with van der Waals surface area (Å²) < 4.78 is 14.5. The molecule has 0 saturated carbocycles. The van der Waals surface area contributed by atoms with Crippen LogP contribution < -0.4 is 0 Å². The van der Waals surface area contributed by atoms with E-state index in [4.69, 9.17) is 16.0 Å². The lowest BCUT2D eigenvalue weighted by Gasteiger charge is -2.01. The van der Waals surface area contributed by atoms with Crippen molar-refractivity contribution in [1.82, 2.24) is 4.98 Å². The Hall–Kier alpha value is -2.34. The number of benzene rings is 1. The lowest BCUT2D eigenvalue weighted by atomic mass is 10.1. The number of aryl methyl sites for hydroxylation is 1. The predicted octanol–water partition coefficient (Wildman–Crippen LogP) is 2.88. The molecule has 7 heteroatoms. The van der Waals surface area contributed by atoms with E-state index in [2.05, 4.69) is 14.5 Å². The standard InChI is InChI=1S/C14H12ClNO5/c1-7-6-8(15)4-5-9(7)12-16-10(13(17)19-2)11(21-12)14(18)20-3/h4-6H,1-3H3. The number of carbonyl (C=O) groups is 2. The summed E-state index contributed by atoms with van der Waals surface area (Å²) in [6.07, 6.45) is 0. The molecule has 0 bridgehead atoms. The highest BCUT2D eigenvalue weighted by Crippen LogP contribution is 2.27. The number of carbonyl (C=O) groups excluding carboxylic acids is 2. The lowest BCUT2D eigenvalue weighted by molar-refractivity contribution is 0.0527. The third-order valence-electron chi connectivity index (χ3n) is 2.80. The van der Waals surface area contributed by atoms with Gasteiger partial charge in [0.25, 0.3) is 0 Å². The number of aromatic nitrogens is 1. The third kappa shape index (κ3) is 2.90. The summed E-state index contributed by atoms with van der Waals surface area (Å²) in [5.41, 5.74) is 1.17. The zero-order valence-electron chi connectivity index (χ0n) is 11.6. The van der Waals surface area contributed by atoms with E-state index in [1.54, 1.807) is 25.1 Å². The Labute approximate surface area is 125 Å². The Kier molecular flexibility index (Phi) is 4.28. The summed E-state index contributed by atoms with van der Waals surface area (Å²) in [5, 5.41) is 0.559. The summed E-state index contributed by atoms with van der Waals surface area (Å²) in [5.74, 6) is -1.77. The van der Waals surface area contributed by atoms with Gasteiger partial charge in [-0.3, -0.25) is 0 Å². The molecular weight excluding hydrogens is 298 g/mol. The van der Waals surface area contributed by atoms with Gasteiger partial charge in [0.2, 0.25) is 17.3 Å². The maximum absolute atomic E-state index is 11.7. The van der Waals surface area contributed by atoms with Gasteiger partial charge in [-0.25, -0.2) is 14.6 Å². The fourth-order valence-corrected chi connectivity index (χ4v) is 2.00. The van der Waals surface area contributed by atoms with E-state index >= 15 is 0 Å². The topological polar surface area (TPSA) is 78.6 Å². The number of nitrogens with zero attached hydrogens (tertiary/aromatic N) is 1. The molecule has 0 aliphatic rings. The Balaban J connectivity index is 2.58. The van der Waals surface area contributed by atoms with Gasteiger partial charge in [0.05, 0.1) is 14.2 Å². The third-order valence-corrected chi connectivity index (χ3v) is 3.03. The number of hydrogen-bond acceptors (Lipinski definition) is 6. The van der Waals surface area contributed by atoms with Crippen molar-refractivity contribution in [3.63, 3.8) is 0 Å². The summed E-state index contributed by atoms with van der Waals surface area (Å²) in [4.78, 5) is 27.3. The van der Waals surface area contributed by atoms with Gasteiger partial charge in [0.15, 0.2) is 0 Å². The fourth-order valence-electron chi connectivity index (χ4n) is 1.77. The minimum atomic E-state index is -0.805. The fraction of sp³-hybridized carbons (Fsp3) is 0.214. The SMILES string of the molecule is COC(=O)c1nc(-c2ccc(Cl)cc2C)oc1C(=O)OC. The maximum atomic E-state index is 11.7. The molecule has 1 heterocycles. The van der Waals surface area contributed by atoms with E-state index in [0.717, 1.165) is 5.56 Å². The van der Waals surface area contributed by atoms with E-state index in [-0.39, 0.29) is 17.3 Å². The average molecular weight is 310 g/mol. The smallest absolute Gasteiger partial charge is 0.376 e. The minimum Gasteiger partial charge on any atom is -0.464 e. The lowest BCUT2D eigenvalue weighted by Crippen LogP contribution is -2.10. The number of hydrogen-bond donors (Lipinski definition) is 0. The first kappa shape index (κ1) is 15.1. The van der Waals surface area contributed by atoms with Crippen molar-refractivity contribution < 1.29 is 23.5 Å². The molecular formula is C14H12ClNO5. The number of methoxy groups -OCH3 is 2. The van der Waals surface area contributed by atoms with E-state index in [1.165, 1.54) is 14.2 Å². The second-order valence-corrected chi connectivity index (χ2v) is 4.58. The molecule has 0 spiro atoms. The van der Waals surface area contributed by atoms with Crippen LogP contribution in [0.3, 0.4) is 0 Å².